The Morgan fingerprint density at radius 3 is 2.42 bits per heavy atom. The van der Waals surface area contributed by atoms with Crippen LogP contribution in [0.5, 0.6) is 0 Å². The summed E-state index contributed by atoms with van der Waals surface area (Å²) in [6, 6.07) is 21.8. The molecule has 1 saturated heterocycles. The van der Waals surface area contributed by atoms with E-state index in [4.69, 9.17) is 9.47 Å². The zero-order valence-electron chi connectivity index (χ0n) is 19.0. The highest BCUT2D eigenvalue weighted by atomic mass is 32.2. The van der Waals surface area contributed by atoms with Gasteiger partial charge in [0, 0.05) is 24.0 Å². The summed E-state index contributed by atoms with van der Waals surface area (Å²) >= 11 is 0. The minimum Gasteiger partial charge on any atom is -0.350 e. The second-order valence-corrected chi connectivity index (χ2v) is 11.2. The number of aliphatic imine (C=N–C) groups is 1. The normalized spacial score (nSPS) is 21.7. The molecule has 5 rings (SSSR count). The Hall–Kier alpha value is -2.80. The molecule has 0 saturated carbocycles. The van der Waals surface area contributed by atoms with E-state index >= 15 is 0 Å². The van der Waals surface area contributed by atoms with E-state index < -0.39 is 15.6 Å². The highest BCUT2D eigenvalue weighted by Crippen LogP contribution is 2.44. The van der Waals surface area contributed by atoms with E-state index in [0.29, 0.717) is 18.0 Å². The fourth-order valence-corrected chi connectivity index (χ4v) is 5.22. The van der Waals surface area contributed by atoms with Gasteiger partial charge < -0.3 is 9.47 Å². The van der Waals surface area contributed by atoms with Gasteiger partial charge >= 0.3 is 0 Å². The van der Waals surface area contributed by atoms with E-state index in [1.165, 1.54) is 22.9 Å². The molecular formula is C27H27NO4S. The first-order chi connectivity index (χ1) is 15.7. The Morgan fingerprint density at radius 2 is 1.67 bits per heavy atom. The summed E-state index contributed by atoms with van der Waals surface area (Å²) in [5.74, 6) is -0.772. The predicted octanol–water partition coefficient (Wildman–Crippen LogP) is 5.30. The topological polar surface area (TPSA) is 65.0 Å². The van der Waals surface area contributed by atoms with Crippen molar-refractivity contribution in [3.63, 3.8) is 0 Å². The van der Waals surface area contributed by atoms with E-state index in [1.54, 1.807) is 12.1 Å². The van der Waals surface area contributed by atoms with Crippen LogP contribution in [0.3, 0.4) is 0 Å². The van der Waals surface area contributed by atoms with E-state index in [1.807, 2.05) is 38.3 Å². The molecule has 2 aliphatic rings. The zero-order chi connectivity index (χ0) is 23.2. The molecule has 6 heteroatoms. The van der Waals surface area contributed by atoms with Gasteiger partial charge in [-0.1, -0.05) is 54.6 Å². The molecule has 170 valence electrons. The highest BCUT2D eigenvalue weighted by molar-refractivity contribution is 7.90. The lowest BCUT2D eigenvalue weighted by Gasteiger charge is -2.41. The standard InChI is InChI=1S/C27H27NO4S/c1-27(2)31-17-25(26(32-27)18-10-12-22(13-11-18)33(3,29)30)19-8-9-21-16-28-15-20-6-4-5-7-23(20)24(21)14-19/h4-15,25-26H,16-17H2,1-3H3/t25-,26-/m1/s1. The third kappa shape index (κ3) is 4.38. The Balaban J connectivity index is 1.56. The molecule has 0 aliphatic carbocycles. The first-order valence-corrected chi connectivity index (χ1v) is 12.9. The highest BCUT2D eigenvalue weighted by Gasteiger charge is 2.38. The van der Waals surface area contributed by atoms with Crippen LogP contribution in [0.2, 0.25) is 0 Å². The van der Waals surface area contributed by atoms with Gasteiger partial charge in [0.1, 0.15) is 0 Å². The van der Waals surface area contributed by atoms with Crippen molar-refractivity contribution < 1.29 is 17.9 Å². The van der Waals surface area contributed by atoms with Crippen LogP contribution in [-0.4, -0.2) is 33.3 Å². The van der Waals surface area contributed by atoms with Gasteiger partial charge in [0.25, 0.3) is 0 Å². The van der Waals surface area contributed by atoms with E-state index in [-0.39, 0.29) is 12.0 Å². The van der Waals surface area contributed by atoms with Gasteiger partial charge in [-0.15, -0.1) is 0 Å². The van der Waals surface area contributed by atoms with E-state index in [0.717, 1.165) is 16.7 Å². The van der Waals surface area contributed by atoms with Crippen LogP contribution in [0.4, 0.5) is 0 Å². The molecular weight excluding hydrogens is 434 g/mol. The number of rotatable bonds is 3. The minimum atomic E-state index is -3.26. The number of fused-ring (bicyclic) bond motifs is 3. The lowest BCUT2D eigenvalue weighted by atomic mass is 9.85. The molecule has 0 spiro atoms. The molecule has 0 radical (unpaired) electrons. The molecule has 3 aromatic carbocycles. The van der Waals surface area contributed by atoms with Crippen LogP contribution in [0, 0.1) is 0 Å². The molecule has 5 nitrogen and oxygen atoms in total. The predicted molar refractivity (Wildman–Crippen MR) is 129 cm³/mol. The Bertz CT molecular complexity index is 1330. The third-order valence-corrected chi connectivity index (χ3v) is 7.46. The molecule has 0 bridgehead atoms. The van der Waals surface area contributed by atoms with Crippen LogP contribution < -0.4 is 0 Å². The third-order valence-electron chi connectivity index (χ3n) is 6.33. The van der Waals surface area contributed by atoms with Gasteiger partial charge in [-0.25, -0.2) is 8.42 Å². The first kappa shape index (κ1) is 22.0. The van der Waals surface area contributed by atoms with Crippen molar-refractivity contribution in [2.24, 2.45) is 4.99 Å². The molecule has 3 aromatic rings. The fourth-order valence-electron chi connectivity index (χ4n) is 4.59. The summed E-state index contributed by atoms with van der Waals surface area (Å²) in [5, 5.41) is 0. The average Bonchev–Trinajstić information content (AvgIpc) is 2.97. The monoisotopic (exact) mass is 461 g/mol. The number of hydrogen-bond donors (Lipinski definition) is 0. The molecule has 1 fully saturated rings. The van der Waals surface area contributed by atoms with E-state index in [2.05, 4.69) is 41.4 Å². The molecule has 2 atom stereocenters. The van der Waals surface area contributed by atoms with Crippen molar-refractivity contribution in [1.29, 1.82) is 0 Å². The largest absolute Gasteiger partial charge is 0.350 e. The fraction of sp³-hybridized carbons (Fsp3) is 0.296. The maximum absolute atomic E-state index is 11.9. The number of nitrogens with zero attached hydrogens (tertiary/aromatic N) is 1. The van der Waals surface area contributed by atoms with E-state index in [9.17, 15) is 8.42 Å². The van der Waals surface area contributed by atoms with Gasteiger partial charge in [0.2, 0.25) is 0 Å². The van der Waals surface area contributed by atoms with Gasteiger partial charge in [-0.05, 0) is 53.8 Å². The van der Waals surface area contributed by atoms with Crippen LogP contribution in [0.1, 0.15) is 48.1 Å². The van der Waals surface area contributed by atoms with Gasteiger partial charge in [0.15, 0.2) is 15.6 Å². The minimum absolute atomic E-state index is 0.0382. The van der Waals surface area contributed by atoms with Crippen LogP contribution in [0.15, 0.2) is 76.6 Å². The number of benzene rings is 3. The van der Waals surface area contributed by atoms with Crippen LogP contribution in [-0.2, 0) is 25.9 Å². The molecule has 0 aromatic heterocycles. The Labute approximate surface area is 195 Å². The number of hydrogen-bond acceptors (Lipinski definition) is 5. The zero-order valence-corrected chi connectivity index (χ0v) is 19.8. The maximum Gasteiger partial charge on any atom is 0.175 e. The lowest BCUT2D eigenvalue weighted by Crippen LogP contribution is -2.40. The Morgan fingerprint density at radius 1 is 0.939 bits per heavy atom. The SMILES string of the molecule is CC1(C)OC[C@H](c2ccc3c(c2)-c2ccccc2C=NC3)[C@@H](c2ccc(S(C)(=O)=O)cc2)O1. The molecule has 33 heavy (non-hydrogen) atoms. The second kappa shape index (κ2) is 8.20. The quantitative estimate of drug-likeness (QED) is 0.531. The molecule has 0 unspecified atom stereocenters. The second-order valence-electron chi connectivity index (χ2n) is 9.17. The molecule has 0 amide bonds. The summed E-state index contributed by atoms with van der Waals surface area (Å²) in [4.78, 5) is 4.88. The van der Waals surface area contributed by atoms with Crippen LogP contribution >= 0.6 is 0 Å². The van der Waals surface area contributed by atoms with Gasteiger partial charge in [0.05, 0.1) is 24.2 Å². The first-order valence-electron chi connectivity index (χ1n) is 11.1. The smallest absolute Gasteiger partial charge is 0.175 e. The van der Waals surface area contributed by atoms with Crippen molar-refractivity contribution in [2.75, 3.05) is 12.9 Å². The van der Waals surface area contributed by atoms with Crippen molar-refractivity contribution in [3.8, 4) is 11.1 Å². The summed E-state index contributed by atoms with van der Waals surface area (Å²) in [6.07, 6.45) is 2.89. The molecule has 0 N–H and O–H groups in total. The summed E-state index contributed by atoms with van der Waals surface area (Å²) in [7, 11) is -3.26. The molecule has 2 heterocycles. The lowest BCUT2D eigenvalue weighted by molar-refractivity contribution is -0.283. The van der Waals surface area contributed by atoms with Crippen molar-refractivity contribution in [1.82, 2.24) is 0 Å². The summed E-state index contributed by atoms with van der Waals surface area (Å²) in [5.41, 5.74) is 6.70. The average molecular weight is 462 g/mol. The number of ether oxygens (including phenoxy) is 2. The van der Waals surface area contributed by atoms with Gasteiger partial charge in [-0.3, -0.25) is 4.99 Å². The molecule has 2 aliphatic heterocycles. The Kier molecular flexibility index (Phi) is 5.47. The van der Waals surface area contributed by atoms with Crippen molar-refractivity contribution in [3.05, 3.63) is 89.0 Å². The summed E-state index contributed by atoms with van der Waals surface area (Å²) in [6.45, 7) is 4.96. The van der Waals surface area contributed by atoms with Gasteiger partial charge in [-0.2, -0.15) is 0 Å². The van der Waals surface area contributed by atoms with Crippen molar-refractivity contribution >= 4 is 16.1 Å². The maximum atomic E-state index is 11.9. The van der Waals surface area contributed by atoms with Crippen molar-refractivity contribution in [2.45, 2.75) is 43.1 Å². The summed E-state index contributed by atoms with van der Waals surface area (Å²) < 4.78 is 36.3. The number of sulfone groups is 1. The van der Waals surface area contributed by atoms with Crippen LogP contribution in [0.25, 0.3) is 11.1 Å².